The summed E-state index contributed by atoms with van der Waals surface area (Å²) >= 11 is 3.40. The van der Waals surface area contributed by atoms with Gasteiger partial charge in [-0.05, 0) is 31.2 Å². The molecule has 4 nitrogen and oxygen atoms in total. The highest BCUT2D eigenvalue weighted by Crippen LogP contribution is 2.30. The molecule has 1 heterocycles. The lowest BCUT2D eigenvalue weighted by molar-refractivity contribution is -0.150. The van der Waals surface area contributed by atoms with Gasteiger partial charge in [0.15, 0.2) is 0 Å². The predicted octanol–water partition coefficient (Wildman–Crippen LogP) is 2.37. The van der Waals surface area contributed by atoms with Gasteiger partial charge in [0, 0.05) is 24.2 Å². The molecule has 1 saturated heterocycles. The van der Waals surface area contributed by atoms with Gasteiger partial charge in [-0.1, -0.05) is 28.1 Å². The molecule has 1 atom stereocenters. The van der Waals surface area contributed by atoms with E-state index in [1.165, 1.54) is 5.56 Å². The lowest BCUT2D eigenvalue weighted by Gasteiger charge is -2.28. The van der Waals surface area contributed by atoms with Crippen molar-refractivity contribution in [2.75, 3.05) is 26.8 Å². The molecule has 0 saturated carbocycles. The summed E-state index contributed by atoms with van der Waals surface area (Å²) in [5.41, 5.74) is 0.426. The van der Waals surface area contributed by atoms with Crippen LogP contribution in [0.1, 0.15) is 12.0 Å². The molecule has 1 aliphatic heterocycles. The van der Waals surface area contributed by atoms with Crippen molar-refractivity contribution in [2.24, 2.45) is 5.41 Å². The molecule has 0 spiro atoms. The first kappa shape index (κ1) is 14.5. The van der Waals surface area contributed by atoms with Crippen molar-refractivity contribution in [1.29, 1.82) is 0 Å². The van der Waals surface area contributed by atoms with Gasteiger partial charge in [-0.3, -0.25) is 4.79 Å². The minimum absolute atomic E-state index is 0.313. The summed E-state index contributed by atoms with van der Waals surface area (Å²) in [5, 5.41) is 9.40. The second-order valence-electron chi connectivity index (χ2n) is 5.19. The summed E-state index contributed by atoms with van der Waals surface area (Å²) < 4.78 is 6.32. The third-order valence-corrected chi connectivity index (χ3v) is 4.02. The number of halogens is 1. The fraction of sp³-hybridized carbons (Fsp3) is 0.500. The van der Waals surface area contributed by atoms with Crippen LogP contribution in [-0.2, 0) is 16.1 Å². The second-order valence-corrected chi connectivity index (χ2v) is 6.10. The van der Waals surface area contributed by atoms with E-state index in [2.05, 4.69) is 15.9 Å². The number of nitrogens with zero attached hydrogens (tertiary/aromatic N) is 1. The van der Waals surface area contributed by atoms with E-state index in [0.717, 1.165) is 11.0 Å². The Hall–Kier alpha value is -0.910. The van der Waals surface area contributed by atoms with Gasteiger partial charge in [0.2, 0.25) is 0 Å². The Balaban J connectivity index is 1.98. The summed E-state index contributed by atoms with van der Waals surface area (Å²) in [6.07, 6.45) is 0.590. The summed E-state index contributed by atoms with van der Waals surface area (Å²) in [6, 6.07) is 8.07. The number of hydrogen-bond acceptors (Lipinski definition) is 3. The molecule has 1 aromatic rings. The van der Waals surface area contributed by atoms with E-state index in [0.29, 0.717) is 26.2 Å². The van der Waals surface area contributed by atoms with E-state index in [9.17, 15) is 9.90 Å². The predicted molar refractivity (Wildman–Crippen MR) is 76.0 cm³/mol. The molecule has 0 radical (unpaired) electrons. The van der Waals surface area contributed by atoms with Crippen LogP contribution >= 0.6 is 15.9 Å². The maximum atomic E-state index is 11.4. The standard InChI is InChI=1S/C14H18BrNO3/c1-16(8-11-2-4-12(15)5-3-11)9-14(13(17)18)6-7-19-10-14/h2-5H,6-10H2,1H3,(H,17,18). The average molecular weight is 328 g/mol. The topological polar surface area (TPSA) is 49.8 Å². The highest BCUT2D eigenvalue weighted by atomic mass is 79.9. The summed E-state index contributed by atoms with van der Waals surface area (Å²) in [6.45, 7) is 2.10. The molecule has 1 unspecified atom stereocenters. The van der Waals surface area contributed by atoms with Crippen molar-refractivity contribution in [3.05, 3.63) is 34.3 Å². The number of carbonyl (C=O) groups is 1. The fourth-order valence-corrected chi connectivity index (χ4v) is 2.71. The number of carboxylic acids is 1. The number of benzene rings is 1. The van der Waals surface area contributed by atoms with Crippen LogP contribution < -0.4 is 0 Å². The first-order chi connectivity index (χ1) is 9.02. The number of carboxylic acid groups (broad SMARTS) is 1. The Bertz CT molecular complexity index is 441. The van der Waals surface area contributed by atoms with Gasteiger partial charge in [-0.25, -0.2) is 0 Å². The van der Waals surface area contributed by atoms with Crippen LogP contribution in [-0.4, -0.2) is 42.8 Å². The maximum absolute atomic E-state index is 11.4. The molecular weight excluding hydrogens is 310 g/mol. The van der Waals surface area contributed by atoms with Crippen molar-refractivity contribution in [1.82, 2.24) is 4.90 Å². The SMILES string of the molecule is CN(Cc1ccc(Br)cc1)CC1(C(=O)O)CCOC1. The van der Waals surface area contributed by atoms with Crippen molar-refractivity contribution in [2.45, 2.75) is 13.0 Å². The first-order valence-corrected chi connectivity index (χ1v) is 7.05. The molecule has 1 N–H and O–H groups in total. The summed E-state index contributed by atoms with van der Waals surface area (Å²) in [7, 11) is 1.95. The molecular formula is C14H18BrNO3. The maximum Gasteiger partial charge on any atom is 0.313 e. The van der Waals surface area contributed by atoms with Crippen LogP contribution in [0.25, 0.3) is 0 Å². The largest absolute Gasteiger partial charge is 0.481 e. The zero-order chi connectivity index (χ0) is 13.9. The summed E-state index contributed by atoms with van der Waals surface area (Å²) in [4.78, 5) is 13.5. The van der Waals surface area contributed by atoms with Crippen molar-refractivity contribution >= 4 is 21.9 Å². The zero-order valence-electron chi connectivity index (χ0n) is 10.9. The first-order valence-electron chi connectivity index (χ1n) is 6.26. The van der Waals surface area contributed by atoms with Crippen LogP contribution in [0.2, 0.25) is 0 Å². The van der Waals surface area contributed by atoms with Gasteiger partial charge in [-0.2, -0.15) is 0 Å². The number of aliphatic carboxylic acids is 1. The molecule has 0 amide bonds. The van der Waals surface area contributed by atoms with Crippen LogP contribution in [0.3, 0.4) is 0 Å². The molecule has 1 aliphatic rings. The normalized spacial score (nSPS) is 22.9. The van der Waals surface area contributed by atoms with Gasteiger partial charge in [0.1, 0.15) is 5.41 Å². The number of hydrogen-bond donors (Lipinski definition) is 1. The Morgan fingerprint density at radius 3 is 2.68 bits per heavy atom. The molecule has 1 aromatic carbocycles. The molecule has 104 valence electrons. The highest BCUT2D eigenvalue weighted by molar-refractivity contribution is 9.10. The lowest BCUT2D eigenvalue weighted by atomic mass is 9.87. The number of rotatable bonds is 5. The number of ether oxygens (including phenoxy) is 1. The Labute approximate surface area is 121 Å². The van der Waals surface area contributed by atoms with Gasteiger partial charge in [0.05, 0.1) is 6.61 Å². The van der Waals surface area contributed by atoms with Gasteiger partial charge < -0.3 is 14.7 Å². The quantitative estimate of drug-likeness (QED) is 0.902. The lowest BCUT2D eigenvalue weighted by Crippen LogP contribution is -2.42. The van der Waals surface area contributed by atoms with Crippen LogP contribution in [0, 0.1) is 5.41 Å². The van der Waals surface area contributed by atoms with E-state index in [1.807, 2.05) is 36.2 Å². The molecule has 0 aromatic heterocycles. The van der Waals surface area contributed by atoms with Gasteiger partial charge in [0.25, 0.3) is 0 Å². The van der Waals surface area contributed by atoms with Crippen LogP contribution in [0.15, 0.2) is 28.7 Å². The van der Waals surface area contributed by atoms with Crippen LogP contribution in [0.4, 0.5) is 0 Å². The average Bonchev–Trinajstić information content (AvgIpc) is 2.82. The highest BCUT2D eigenvalue weighted by Gasteiger charge is 2.43. The van der Waals surface area contributed by atoms with Crippen molar-refractivity contribution < 1.29 is 14.6 Å². The van der Waals surface area contributed by atoms with Crippen molar-refractivity contribution in [3.8, 4) is 0 Å². The zero-order valence-corrected chi connectivity index (χ0v) is 12.5. The van der Waals surface area contributed by atoms with Gasteiger partial charge in [-0.15, -0.1) is 0 Å². The molecule has 19 heavy (non-hydrogen) atoms. The smallest absolute Gasteiger partial charge is 0.313 e. The minimum Gasteiger partial charge on any atom is -0.481 e. The summed E-state index contributed by atoms with van der Waals surface area (Å²) in [5.74, 6) is -0.757. The van der Waals surface area contributed by atoms with E-state index in [-0.39, 0.29) is 0 Å². The van der Waals surface area contributed by atoms with E-state index >= 15 is 0 Å². The van der Waals surface area contributed by atoms with E-state index in [1.54, 1.807) is 0 Å². The third kappa shape index (κ3) is 3.55. The molecule has 2 rings (SSSR count). The minimum atomic E-state index is -0.757. The third-order valence-electron chi connectivity index (χ3n) is 3.50. The Morgan fingerprint density at radius 1 is 1.47 bits per heavy atom. The molecule has 5 heteroatoms. The van der Waals surface area contributed by atoms with Crippen molar-refractivity contribution in [3.63, 3.8) is 0 Å². The van der Waals surface area contributed by atoms with Crippen LogP contribution in [0.5, 0.6) is 0 Å². The molecule has 0 bridgehead atoms. The molecule has 0 aliphatic carbocycles. The second kappa shape index (κ2) is 6.03. The van der Waals surface area contributed by atoms with Gasteiger partial charge >= 0.3 is 5.97 Å². The Morgan fingerprint density at radius 2 is 2.16 bits per heavy atom. The molecule has 1 fully saturated rings. The van der Waals surface area contributed by atoms with E-state index in [4.69, 9.17) is 4.74 Å². The monoisotopic (exact) mass is 327 g/mol. The van der Waals surface area contributed by atoms with E-state index < -0.39 is 11.4 Å². The Kier molecular flexibility index (Phi) is 4.60. The fourth-order valence-electron chi connectivity index (χ4n) is 2.44.